The molecule has 0 bridgehead atoms. The number of benzene rings is 1. The van der Waals surface area contributed by atoms with Gasteiger partial charge in [0, 0.05) is 51.4 Å². The van der Waals surface area contributed by atoms with E-state index in [1.807, 2.05) is 13.8 Å². The highest BCUT2D eigenvalue weighted by atomic mass is 16.5. The van der Waals surface area contributed by atoms with Gasteiger partial charge >= 0.3 is 0 Å². The van der Waals surface area contributed by atoms with Crippen LogP contribution in [0.15, 0.2) is 18.2 Å². The van der Waals surface area contributed by atoms with Crippen molar-refractivity contribution < 1.29 is 24.1 Å². The topological polar surface area (TPSA) is 103 Å². The predicted octanol–water partition coefficient (Wildman–Crippen LogP) is 4.26. The van der Waals surface area contributed by atoms with Gasteiger partial charge in [0.15, 0.2) is 0 Å². The van der Waals surface area contributed by atoms with Crippen molar-refractivity contribution in [2.24, 2.45) is 29.4 Å². The maximum Gasteiger partial charge on any atom is 0.223 e. The van der Waals surface area contributed by atoms with Crippen molar-refractivity contribution in [2.75, 3.05) is 33.5 Å². The van der Waals surface area contributed by atoms with Gasteiger partial charge in [-0.25, -0.2) is 0 Å². The molecular weight excluding hydrogens is 468 g/mol. The van der Waals surface area contributed by atoms with Crippen LogP contribution in [0.2, 0.25) is 0 Å². The molecule has 0 radical (unpaired) electrons. The van der Waals surface area contributed by atoms with E-state index in [2.05, 4.69) is 44.3 Å². The minimum absolute atomic E-state index is 0.0197. The van der Waals surface area contributed by atoms with E-state index in [1.165, 1.54) is 5.56 Å². The molecule has 1 aromatic rings. The average Bonchev–Trinajstić information content (AvgIpc) is 2.86. The number of rotatable bonds is 16. The lowest BCUT2D eigenvalue weighted by Crippen LogP contribution is -2.46. The SMILES string of the molecule is COCCCOc1cc(CC(C[C@H](N)[C@@H](O)C[C@H](C(=O)NC2CCOCC2)C(C)C)C(C)C)ccc1C. The number of aliphatic hydroxyl groups is 1. The van der Waals surface area contributed by atoms with Gasteiger partial charge in [-0.2, -0.15) is 0 Å². The number of amides is 1. The molecule has 4 atom stereocenters. The highest BCUT2D eigenvalue weighted by molar-refractivity contribution is 5.79. The summed E-state index contributed by atoms with van der Waals surface area (Å²) >= 11 is 0. The van der Waals surface area contributed by atoms with Crippen molar-refractivity contribution in [3.8, 4) is 5.75 Å². The third-order valence-electron chi connectivity index (χ3n) is 7.72. The fraction of sp³-hybridized carbons (Fsp3) is 0.767. The zero-order valence-electron chi connectivity index (χ0n) is 24.0. The summed E-state index contributed by atoms with van der Waals surface area (Å²) in [4.78, 5) is 13.0. The van der Waals surface area contributed by atoms with Gasteiger partial charge in [-0.3, -0.25) is 4.79 Å². The molecule has 1 fully saturated rings. The molecule has 0 saturated carbocycles. The monoisotopic (exact) mass is 520 g/mol. The standard InChI is InChI=1S/C30H52N2O5/c1-20(2)24(16-23-9-8-22(5)29(17-23)37-13-7-12-35-6)18-27(31)28(33)19-26(21(3)4)30(34)32-25-10-14-36-15-11-25/h8-9,17,20-21,24-28,33H,7,10-16,18-19,31H2,1-6H3,(H,32,34)/t24?,26-,27-,28-/m0/s1. The zero-order chi connectivity index (χ0) is 27.4. The fourth-order valence-corrected chi connectivity index (χ4v) is 4.98. The maximum absolute atomic E-state index is 13.0. The molecule has 1 unspecified atom stereocenters. The lowest BCUT2D eigenvalue weighted by molar-refractivity contribution is -0.129. The molecular formula is C30H52N2O5. The minimum atomic E-state index is -0.730. The Morgan fingerprint density at radius 3 is 2.46 bits per heavy atom. The third-order valence-corrected chi connectivity index (χ3v) is 7.72. The van der Waals surface area contributed by atoms with Crippen molar-refractivity contribution in [3.05, 3.63) is 29.3 Å². The van der Waals surface area contributed by atoms with E-state index in [-0.39, 0.29) is 29.8 Å². The van der Waals surface area contributed by atoms with Crippen LogP contribution in [-0.4, -0.2) is 62.7 Å². The van der Waals surface area contributed by atoms with Gasteiger partial charge < -0.3 is 30.4 Å². The Morgan fingerprint density at radius 1 is 1.14 bits per heavy atom. The lowest BCUT2D eigenvalue weighted by atomic mass is 9.80. The van der Waals surface area contributed by atoms with Crippen molar-refractivity contribution in [1.82, 2.24) is 5.32 Å². The first-order chi connectivity index (χ1) is 17.6. The number of hydrogen-bond acceptors (Lipinski definition) is 6. The molecule has 37 heavy (non-hydrogen) atoms. The number of carbonyl (C=O) groups is 1. The quantitative estimate of drug-likeness (QED) is 0.282. The van der Waals surface area contributed by atoms with Crippen LogP contribution in [0.5, 0.6) is 5.75 Å². The number of ether oxygens (including phenoxy) is 3. The van der Waals surface area contributed by atoms with E-state index >= 15 is 0 Å². The summed E-state index contributed by atoms with van der Waals surface area (Å²) in [6.07, 6.45) is 3.75. The Balaban J connectivity index is 1.97. The number of aryl methyl sites for hydroxylation is 1. The Morgan fingerprint density at radius 2 is 1.84 bits per heavy atom. The smallest absolute Gasteiger partial charge is 0.223 e. The van der Waals surface area contributed by atoms with Crippen LogP contribution < -0.4 is 15.8 Å². The van der Waals surface area contributed by atoms with Crippen LogP contribution in [0.3, 0.4) is 0 Å². The summed E-state index contributed by atoms with van der Waals surface area (Å²) in [5.41, 5.74) is 8.89. The number of aliphatic hydroxyl groups excluding tert-OH is 1. The largest absolute Gasteiger partial charge is 0.493 e. The summed E-state index contributed by atoms with van der Waals surface area (Å²) in [5.74, 6) is 1.50. The molecule has 2 rings (SSSR count). The van der Waals surface area contributed by atoms with E-state index in [0.717, 1.165) is 37.0 Å². The first kappa shape index (κ1) is 31.5. The molecule has 7 nitrogen and oxygen atoms in total. The van der Waals surface area contributed by atoms with Crippen LogP contribution >= 0.6 is 0 Å². The highest BCUT2D eigenvalue weighted by Crippen LogP contribution is 2.28. The predicted molar refractivity (Wildman–Crippen MR) is 149 cm³/mol. The molecule has 7 heteroatoms. The first-order valence-electron chi connectivity index (χ1n) is 14.1. The highest BCUT2D eigenvalue weighted by Gasteiger charge is 2.31. The van der Waals surface area contributed by atoms with Gasteiger partial charge in [0.05, 0.1) is 12.7 Å². The fourth-order valence-electron chi connectivity index (χ4n) is 4.98. The number of nitrogens with one attached hydrogen (secondary N) is 1. The van der Waals surface area contributed by atoms with E-state index in [1.54, 1.807) is 7.11 Å². The maximum atomic E-state index is 13.0. The van der Waals surface area contributed by atoms with Gasteiger partial charge in [-0.1, -0.05) is 39.8 Å². The van der Waals surface area contributed by atoms with Crippen LogP contribution in [-0.2, 0) is 20.7 Å². The van der Waals surface area contributed by atoms with Gasteiger partial charge in [0.25, 0.3) is 0 Å². The average molecular weight is 521 g/mol. The van der Waals surface area contributed by atoms with Crippen LogP contribution in [0.1, 0.15) is 70.9 Å². The molecule has 0 spiro atoms. The van der Waals surface area contributed by atoms with Gasteiger partial charge in [0.1, 0.15) is 5.75 Å². The molecule has 1 aromatic carbocycles. The normalized spacial score (nSPS) is 18.0. The molecule has 1 heterocycles. The lowest BCUT2D eigenvalue weighted by Gasteiger charge is -2.31. The van der Waals surface area contributed by atoms with Crippen molar-refractivity contribution >= 4 is 5.91 Å². The molecule has 1 aliphatic heterocycles. The molecule has 1 amide bonds. The van der Waals surface area contributed by atoms with E-state index < -0.39 is 6.10 Å². The number of nitrogens with two attached hydrogens (primary N) is 1. The van der Waals surface area contributed by atoms with Crippen LogP contribution in [0.25, 0.3) is 0 Å². The van der Waals surface area contributed by atoms with Gasteiger partial charge in [-0.15, -0.1) is 0 Å². The Bertz CT molecular complexity index is 794. The third kappa shape index (κ3) is 10.9. The Labute approximate surface area is 224 Å². The van der Waals surface area contributed by atoms with E-state index in [4.69, 9.17) is 19.9 Å². The molecule has 1 aliphatic rings. The second kappa shape index (κ2) is 16.3. The molecule has 0 aliphatic carbocycles. The van der Waals surface area contributed by atoms with E-state index in [9.17, 15) is 9.90 Å². The minimum Gasteiger partial charge on any atom is -0.493 e. The summed E-state index contributed by atoms with van der Waals surface area (Å²) in [6.45, 7) is 13.2. The Hall–Kier alpha value is -1.67. The second-order valence-electron chi connectivity index (χ2n) is 11.5. The number of carbonyl (C=O) groups excluding carboxylic acids is 1. The first-order valence-corrected chi connectivity index (χ1v) is 14.1. The summed E-state index contributed by atoms with van der Waals surface area (Å²) in [6, 6.07) is 6.16. The number of methoxy groups -OCH3 is 1. The Kier molecular flexibility index (Phi) is 13.9. The zero-order valence-corrected chi connectivity index (χ0v) is 24.0. The van der Waals surface area contributed by atoms with Crippen molar-refractivity contribution in [2.45, 2.75) is 91.3 Å². The summed E-state index contributed by atoms with van der Waals surface area (Å²) in [5, 5.41) is 14.2. The van der Waals surface area contributed by atoms with Crippen LogP contribution in [0.4, 0.5) is 0 Å². The van der Waals surface area contributed by atoms with E-state index in [0.29, 0.717) is 51.1 Å². The van der Waals surface area contributed by atoms with Gasteiger partial charge in [-0.05, 0) is 74.0 Å². The number of hydrogen-bond donors (Lipinski definition) is 3. The van der Waals surface area contributed by atoms with Gasteiger partial charge in [0.2, 0.25) is 5.91 Å². The second-order valence-corrected chi connectivity index (χ2v) is 11.5. The van der Waals surface area contributed by atoms with Crippen molar-refractivity contribution in [1.29, 1.82) is 0 Å². The molecule has 4 N–H and O–H groups in total. The summed E-state index contributed by atoms with van der Waals surface area (Å²) in [7, 11) is 1.70. The van der Waals surface area contributed by atoms with Crippen LogP contribution in [0, 0.1) is 30.6 Å². The summed E-state index contributed by atoms with van der Waals surface area (Å²) < 4.78 is 16.5. The van der Waals surface area contributed by atoms with Crippen molar-refractivity contribution in [3.63, 3.8) is 0 Å². The molecule has 1 saturated heterocycles. The molecule has 212 valence electrons. The molecule has 0 aromatic heterocycles.